The summed E-state index contributed by atoms with van der Waals surface area (Å²) < 4.78 is 0.524. The van der Waals surface area contributed by atoms with Crippen LogP contribution in [0, 0.1) is 24.0 Å². The van der Waals surface area contributed by atoms with Gasteiger partial charge in [0, 0.05) is 36.5 Å². The first-order valence-corrected chi connectivity index (χ1v) is 9.24. The zero-order valence-corrected chi connectivity index (χ0v) is 15.9. The van der Waals surface area contributed by atoms with Crippen molar-refractivity contribution >= 4 is 17.5 Å². The molecule has 1 saturated heterocycles. The molecule has 1 aromatic carbocycles. The van der Waals surface area contributed by atoms with Crippen molar-refractivity contribution in [2.75, 3.05) is 18.4 Å². The van der Waals surface area contributed by atoms with E-state index in [1.807, 2.05) is 17.9 Å². The zero-order chi connectivity index (χ0) is 19.6. The van der Waals surface area contributed by atoms with Crippen molar-refractivity contribution in [1.29, 1.82) is 0 Å². The molecule has 1 aliphatic rings. The van der Waals surface area contributed by atoms with Gasteiger partial charge in [-0.2, -0.15) is 4.73 Å². The highest BCUT2D eigenvalue weighted by atomic mass is 16.5. The van der Waals surface area contributed by atoms with E-state index in [-0.39, 0.29) is 11.6 Å². The van der Waals surface area contributed by atoms with E-state index in [1.165, 1.54) is 12.3 Å². The van der Waals surface area contributed by atoms with Gasteiger partial charge in [0.25, 0.3) is 11.6 Å². The van der Waals surface area contributed by atoms with E-state index in [0.717, 1.165) is 25.1 Å². The van der Waals surface area contributed by atoms with Gasteiger partial charge in [-0.3, -0.25) is 9.59 Å². The largest absolute Gasteiger partial charge is 0.618 e. The van der Waals surface area contributed by atoms with Crippen LogP contribution in [0.5, 0.6) is 0 Å². The van der Waals surface area contributed by atoms with E-state index >= 15 is 0 Å². The quantitative estimate of drug-likeness (QED) is 0.669. The highest BCUT2D eigenvalue weighted by molar-refractivity contribution is 6.03. The van der Waals surface area contributed by atoms with Crippen molar-refractivity contribution in [3.05, 3.63) is 64.6 Å². The first-order chi connectivity index (χ1) is 12.8. The Hall–Kier alpha value is -2.89. The number of piperidine rings is 1. The van der Waals surface area contributed by atoms with E-state index in [4.69, 9.17) is 0 Å². The third kappa shape index (κ3) is 4.27. The number of pyridine rings is 1. The van der Waals surface area contributed by atoms with E-state index in [9.17, 15) is 14.8 Å². The number of rotatable bonds is 3. The second-order valence-electron chi connectivity index (χ2n) is 7.55. The SMILES string of the molecule is Cc1ccc(C(=O)N2C[C@@H](C)C[C@H](C)C2)cc1NC(=O)c1cccc[n+]1[O-]. The molecule has 0 saturated carbocycles. The van der Waals surface area contributed by atoms with Gasteiger partial charge in [0.2, 0.25) is 0 Å². The molecule has 1 aromatic heterocycles. The molecule has 6 heteroatoms. The van der Waals surface area contributed by atoms with E-state index in [0.29, 0.717) is 27.8 Å². The third-order valence-corrected chi connectivity index (χ3v) is 4.95. The molecule has 2 aromatic rings. The fraction of sp³-hybridized carbons (Fsp3) is 0.381. The van der Waals surface area contributed by atoms with Crippen LogP contribution in [0.1, 0.15) is 46.7 Å². The van der Waals surface area contributed by atoms with Crippen molar-refractivity contribution in [2.24, 2.45) is 11.8 Å². The number of amides is 2. The van der Waals surface area contributed by atoms with Crippen LogP contribution < -0.4 is 10.0 Å². The van der Waals surface area contributed by atoms with Gasteiger partial charge < -0.3 is 15.4 Å². The lowest BCUT2D eigenvalue weighted by atomic mass is 9.91. The lowest BCUT2D eigenvalue weighted by molar-refractivity contribution is -0.607. The van der Waals surface area contributed by atoms with E-state index in [1.54, 1.807) is 24.3 Å². The first kappa shape index (κ1) is 18.9. The molecule has 142 valence electrons. The summed E-state index contributed by atoms with van der Waals surface area (Å²) in [6.45, 7) is 7.67. The summed E-state index contributed by atoms with van der Waals surface area (Å²) >= 11 is 0. The fourth-order valence-corrected chi connectivity index (χ4v) is 3.69. The number of hydrogen-bond donors (Lipinski definition) is 1. The average Bonchev–Trinajstić information content (AvgIpc) is 2.62. The van der Waals surface area contributed by atoms with E-state index < -0.39 is 5.91 Å². The summed E-state index contributed by atoms with van der Waals surface area (Å²) in [6.07, 6.45) is 2.41. The molecule has 0 radical (unpaired) electrons. The molecule has 6 nitrogen and oxygen atoms in total. The maximum Gasteiger partial charge on any atom is 0.321 e. The number of aryl methyl sites for hydroxylation is 1. The third-order valence-electron chi connectivity index (χ3n) is 4.95. The van der Waals surface area contributed by atoms with Crippen LogP contribution in [0.15, 0.2) is 42.6 Å². The van der Waals surface area contributed by atoms with Gasteiger partial charge >= 0.3 is 5.91 Å². The molecule has 1 fully saturated rings. The number of benzene rings is 1. The molecule has 0 bridgehead atoms. The van der Waals surface area contributed by atoms with Crippen LogP contribution in [0.4, 0.5) is 5.69 Å². The first-order valence-electron chi connectivity index (χ1n) is 9.24. The Bertz CT molecular complexity index is 856. The lowest BCUT2D eigenvalue weighted by Gasteiger charge is -2.35. The molecule has 0 spiro atoms. The maximum absolute atomic E-state index is 12.9. The number of carbonyl (C=O) groups is 2. The number of anilines is 1. The molecule has 0 unspecified atom stereocenters. The summed E-state index contributed by atoms with van der Waals surface area (Å²) in [7, 11) is 0. The minimum absolute atomic E-state index is 0.00677. The van der Waals surface area contributed by atoms with Gasteiger partial charge in [-0.25, -0.2) is 0 Å². The summed E-state index contributed by atoms with van der Waals surface area (Å²) in [4.78, 5) is 27.2. The average molecular weight is 367 g/mol. The molecular weight excluding hydrogens is 342 g/mol. The van der Waals surface area contributed by atoms with Crippen LogP contribution in [0.2, 0.25) is 0 Å². The molecule has 27 heavy (non-hydrogen) atoms. The van der Waals surface area contributed by atoms with Crippen molar-refractivity contribution in [1.82, 2.24) is 4.90 Å². The molecule has 2 heterocycles. The van der Waals surface area contributed by atoms with Crippen LogP contribution in [-0.4, -0.2) is 29.8 Å². The molecule has 0 aliphatic carbocycles. The zero-order valence-electron chi connectivity index (χ0n) is 15.9. The van der Waals surface area contributed by atoms with Gasteiger partial charge in [-0.15, -0.1) is 0 Å². The second-order valence-corrected chi connectivity index (χ2v) is 7.55. The maximum atomic E-state index is 12.9. The number of nitrogens with zero attached hydrogens (tertiary/aromatic N) is 2. The molecule has 1 aliphatic heterocycles. The Morgan fingerprint density at radius 2 is 1.85 bits per heavy atom. The molecule has 3 rings (SSSR count). The highest BCUT2D eigenvalue weighted by Crippen LogP contribution is 2.24. The van der Waals surface area contributed by atoms with Gasteiger partial charge in [0.1, 0.15) is 0 Å². The van der Waals surface area contributed by atoms with Crippen molar-refractivity contribution in [2.45, 2.75) is 27.2 Å². The summed E-state index contributed by atoms with van der Waals surface area (Å²) in [5, 5.41) is 14.5. The van der Waals surface area contributed by atoms with Gasteiger partial charge in [-0.05, 0) is 48.9 Å². The van der Waals surface area contributed by atoms with Crippen LogP contribution in [0.25, 0.3) is 0 Å². The molecule has 2 atom stereocenters. The normalized spacial score (nSPS) is 19.6. The van der Waals surface area contributed by atoms with Crippen molar-refractivity contribution < 1.29 is 14.3 Å². The Morgan fingerprint density at radius 1 is 1.15 bits per heavy atom. The Balaban J connectivity index is 1.81. The molecular formula is C21H25N3O3. The Labute approximate surface area is 159 Å². The van der Waals surface area contributed by atoms with Gasteiger partial charge in [-0.1, -0.05) is 19.9 Å². The van der Waals surface area contributed by atoms with E-state index in [2.05, 4.69) is 19.2 Å². The fourth-order valence-electron chi connectivity index (χ4n) is 3.69. The monoisotopic (exact) mass is 367 g/mol. The highest BCUT2D eigenvalue weighted by Gasteiger charge is 2.26. The van der Waals surface area contributed by atoms with Gasteiger partial charge in [0.15, 0.2) is 6.20 Å². The number of likely N-dealkylation sites (tertiary alicyclic amines) is 1. The predicted octanol–water partition coefficient (Wildman–Crippen LogP) is 3.00. The molecule has 1 N–H and O–H groups in total. The van der Waals surface area contributed by atoms with Gasteiger partial charge in [0.05, 0.1) is 0 Å². The smallest absolute Gasteiger partial charge is 0.321 e. The van der Waals surface area contributed by atoms with Crippen LogP contribution >= 0.6 is 0 Å². The van der Waals surface area contributed by atoms with Crippen molar-refractivity contribution in [3.8, 4) is 0 Å². The number of carbonyl (C=O) groups excluding carboxylic acids is 2. The summed E-state index contributed by atoms with van der Waals surface area (Å²) in [5.41, 5.74) is 1.91. The minimum Gasteiger partial charge on any atom is -0.618 e. The topological polar surface area (TPSA) is 76.4 Å². The standard InChI is InChI=1S/C21H25N3O3/c1-14-10-15(2)13-23(12-14)21(26)17-8-7-16(3)18(11-17)22-20(25)19-6-4-5-9-24(19)27/h4-9,11,14-15H,10,12-13H2,1-3H3,(H,22,25)/t14-,15-/m0/s1. The minimum atomic E-state index is -0.501. The molecule has 2 amide bonds. The van der Waals surface area contributed by atoms with Crippen LogP contribution in [-0.2, 0) is 0 Å². The number of aromatic nitrogens is 1. The summed E-state index contributed by atoms with van der Waals surface area (Å²) in [6, 6.07) is 9.95. The van der Waals surface area contributed by atoms with Crippen LogP contribution in [0.3, 0.4) is 0 Å². The number of nitrogens with one attached hydrogen (secondary N) is 1. The lowest BCUT2D eigenvalue weighted by Crippen LogP contribution is -2.42. The number of hydrogen-bond acceptors (Lipinski definition) is 3. The predicted molar refractivity (Wildman–Crippen MR) is 103 cm³/mol. The Morgan fingerprint density at radius 3 is 2.52 bits per heavy atom. The Kier molecular flexibility index (Phi) is 5.44. The van der Waals surface area contributed by atoms with Crippen molar-refractivity contribution in [3.63, 3.8) is 0 Å². The second kappa shape index (κ2) is 7.78. The summed E-state index contributed by atoms with van der Waals surface area (Å²) in [5.74, 6) is 0.432.